The van der Waals surface area contributed by atoms with Gasteiger partial charge in [-0.05, 0) is 13.0 Å². The second-order valence-electron chi connectivity index (χ2n) is 3.78. The number of halogens is 1. The van der Waals surface area contributed by atoms with Crippen molar-refractivity contribution in [3.05, 3.63) is 34.1 Å². The fourth-order valence-electron chi connectivity index (χ4n) is 1.40. The van der Waals surface area contributed by atoms with Gasteiger partial charge in [0.1, 0.15) is 0 Å². The van der Waals surface area contributed by atoms with E-state index >= 15 is 0 Å². The molecule has 1 rings (SSSR count). The predicted octanol–water partition coefficient (Wildman–Crippen LogP) is 2.02. The molecule has 1 aromatic carbocycles. The maximum atomic E-state index is 13.3. The van der Waals surface area contributed by atoms with Crippen LogP contribution < -0.4 is 5.32 Å². The highest BCUT2D eigenvalue weighted by molar-refractivity contribution is 5.92. The number of nitro benzene ring substituents is 1. The molecule has 1 aromatic rings. The number of hydrogen-bond donors (Lipinski definition) is 1. The summed E-state index contributed by atoms with van der Waals surface area (Å²) in [6, 6.07) is 3.01. The smallest absolute Gasteiger partial charge is 0.306 e. The van der Waals surface area contributed by atoms with Crippen molar-refractivity contribution < 1.29 is 23.6 Å². The maximum Gasteiger partial charge on any atom is 0.306 e. The lowest BCUT2D eigenvalue weighted by Crippen LogP contribution is -2.14. The minimum Gasteiger partial charge on any atom is -0.466 e. The van der Waals surface area contributed by atoms with E-state index in [0.29, 0.717) is 0 Å². The van der Waals surface area contributed by atoms with E-state index in [2.05, 4.69) is 10.1 Å². The highest BCUT2D eigenvalue weighted by Gasteiger charge is 2.15. The van der Waals surface area contributed by atoms with E-state index in [-0.39, 0.29) is 25.1 Å². The summed E-state index contributed by atoms with van der Waals surface area (Å²) in [6.45, 7) is 1.88. The SMILES string of the molecule is CCOC(=O)CCC(=O)Nc1ccc([N+](=O)[O-])c(F)c1. The highest BCUT2D eigenvalue weighted by atomic mass is 19.1. The molecule has 1 N–H and O–H groups in total. The topological polar surface area (TPSA) is 98.5 Å². The van der Waals surface area contributed by atoms with E-state index < -0.39 is 28.3 Å². The Morgan fingerprint density at radius 3 is 2.65 bits per heavy atom. The number of nitrogens with one attached hydrogen (secondary N) is 1. The average molecular weight is 284 g/mol. The summed E-state index contributed by atoms with van der Waals surface area (Å²) in [6.07, 6.45) is -0.202. The monoisotopic (exact) mass is 284 g/mol. The third-order valence-electron chi connectivity index (χ3n) is 2.29. The van der Waals surface area contributed by atoms with Gasteiger partial charge in [-0.25, -0.2) is 0 Å². The molecule has 0 aliphatic heterocycles. The van der Waals surface area contributed by atoms with Gasteiger partial charge in [-0.15, -0.1) is 0 Å². The number of carbonyl (C=O) groups is 2. The molecule has 0 bridgehead atoms. The van der Waals surface area contributed by atoms with Crippen molar-refractivity contribution in [2.75, 3.05) is 11.9 Å². The number of nitro groups is 1. The summed E-state index contributed by atoms with van der Waals surface area (Å²) in [5, 5.41) is 12.8. The summed E-state index contributed by atoms with van der Waals surface area (Å²) in [5.74, 6) is -2.05. The van der Waals surface area contributed by atoms with Crippen LogP contribution in [0.2, 0.25) is 0 Å². The Labute approximate surface area is 113 Å². The Kier molecular flexibility index (Phi) is 5.57. The Morgan fingerprint density at radius 2 is 2.10 bits per heavy atom. The van der Waals surface area contributed by atoms with Gasteiger partial charge in [0, 0.05) is 24.2 Å². The Balaban J connectivity index is 2.56. The maximum absolute atomic E-state index is 13.3. The van der Waals surface area contributed by atoms with Gasteiger partial charge >= 0.3 is 11.7 Å². The van der Waals surface area contributed by atoms with Crippen LogP contribution in [0.3, 0.4) is 0 Å². The van der Waals surface area contributed by atoms with Gasteiger partial charge in [0.2, 0.25) is 11.7 Å². The molecule has 0 saturated carbocycles. The van der Waals surface area contributed by atoms with Crippen LogP contribution in [-0.2, 0) is 14.3 Å². The van der Waals surface area contributed by atoms with E-state index in [1.54, 1.807) is 6.92 Å². The number of amides is 1. The van der Waals surface area contributed by atoms with Gasteiger partial charge in [-0.2, -0.15) is 4.39 Å². The van der Waals surface area contributed by atoms with Crippen molar-refractivity contribution in [2.24, 2.45) is 0 Å². The van der Waals surface area contributed by atoms with Crippen LogP contribution in [0.25, 0.3) is 0 Å². The van der Waals surface area contributed by atoms with Crippen molar-refractivity contribution in [2.45, 2.75) is 19.8 Å². The van der Waals surface area contributed by atoms with Gasteiger partial charge in [-0.3, -0.25) is 19.7 Å². The molecule has 0 aromatic heterocycles. The van der Waals surface area contributed by atoms with E-state index in [1.807, 2.05) is 0 Å². The first kappa shape index (κ1) is 15.5. The lowest BCUT2D eigenvalue weighted by atomic mass is 10.2. The van der Waals surface area contributed by atoms with Crippen molar-refractivity contribution in [1.29, 1.82) is 0 Å². The molecule has 0 aliphatic carbocycles. The van der Waals surface area contributed by atoms with E-state index in [1.165, 1.54) is 6.07 Å². The van der Waals surface area contributed by atoms with Crippen molar-refractivity contribution in [1.82, 2.24) is 0 Å². The molecular weight excluding hydrogens is 271 g/mol. The van der Waals surface area contributed by atoms with Crippen molar-refractivity contribution >= 4 is 23.3 Å². The number of ether oxygens (including phenoxy) is 1. The first-order chi connectivity index (χ1) is 9.43. The standard InChI is InChI=1S/C12H13FN2O5/c1-2-20-12(17)6-5-11(16)14-8-3-4-10(15(18)19)9(13)7-8/h3-4,7H,2,5-6H2,1H3,(H,14,16). The largest absolute Gasteiger partial charge is 0.466 e. The number of esters is 1. The van der Waals surface area contributed by atoms with Gasteiger partial charge in [0.25, 0.3) is 0 Å². The van der Waals surface area contributed by atoms with Gasteiger partial charge in [-0.1, -0.05) is 0 Å². The summed E-state index contributed by atoms with van der Waals surface area (Å²) in [5.41, 5.74) is -0.587. The normalized spacial score (nSPS) is 9.90. The third-order valence-corrected chi connectivity index (χ3v) is 2.29. The van der Waals surface area contributed by atoms with Crippen LogP contribution in [0.15, 0.2) is 18.2 Å². The minimum atomic E-state index is -1.04. The van der Waals surface area contributed by atoms with E-state index in [0.717, 1.165) is 12.1 Å². The van der Waals surface area contributed by atoms with Gasteiger partial charge in [0.15, 0.2) is 0 Å². The van der Waals surface area contributed by atoms with Crippen LogP contribution in [0, 0.1) is 15.9 Å². The number of hydrogen-bond acceptors (Lipinski definition) is 5. The van der Waals surface area contributed by atoms with Crippen molar-refractivity contribution in [3.63, 3.8) is 0 Å². The molecule has 8 heteroatoms. The molecule has 0 aliphatic rings. The van der Waals surface area contributed by atoms with Gasteiger partial charge in [0.05, 0.1) is 18.0 Å². The molecule has 20 heavy (non-hydrogen) atoms. The lowest BCUT2D eigenvalue weighted by molar-refractivity contribution is -0.387. The van der Waals surface area contributed by atoms with Crippen molar-refractivity contribution in [3.8, 4) is 0 Å². The Bertz CT molecular complexity index is 533. The summed E-state index contributed by atoms with van der Waals surface area (Å²) in [4.78, 5) is 32.1. The van der Waals surface area contributed by atoms with Crippen LogP contribution in [0.5, 0.6) is 0 Å². The molecule has 0 spiro atoms. The lowest BCUT2D eigenvalue weighted by Gasteiger charge is -2.05. The average Bonchev–Trinajstić information content (AvgIpc) is 2.36. The van der Waals surface area contributed by atoms with Gasteiger partial charge < -0.3 is 10.1 Å². The molecule has 0 atom stereocenters. The minimum absolute atomic E-state index is 0.0851. The molecular formula is C12H13FN2O5. The zero-order chi connectivity index (χ0) is 15.1. The summed E-state index contributed by atoms with van der Waals surface area (Å²) >= 11 is 0. The first-order valence-corrected chi connectivity index (χ1v) is 5.83. The molecule has 0 radical (unpaired) electrons. The fraction of sp³-hybridized carbons (Fsp3) is 0.333. The third kappa shape index (κ3) is 4.63. The van der Waals surface area contributed by atoms with E-state index in [4.69, 9.17) is 0 Å². The fourth-order valence-corrected chi connectivity index (χ4v) is 1.40. The first-order valence-electron chi connectivity index (χ1n) is 5.83. The molecule has 1 amide bonds. The highest BCUT2D eigenvalue weighted by Crippen LogP contribution is 2.20. The molecule has 0 unspecified atom stereocenters. The number of benzene rings is 1. The predicted molar refractivity (Wildman–Crippen MR) is 67.6 cm³/mol. The quantitative estimate of drug-likeness (QED) is 0.489. The molecule has 0 heterocycles. The summed E-state index contributed by atoms with van der Waals surface area (Å²) in [7, 11) is 0. The van der Waals surface area contributed by atoms with Crippen LogP contribution in [0.4, 0.5) is 15.8 Å². The van der Waals surface area contributed by atoms with E-state index in [9.17, 15) is 24.1 Å². The molecule has 0 fully saturated rings. The Hall–Kier alpha value is -2.51. The molecule has 108 valence electrons. The molecule has 7 nitrogen and oxygen atoms in total. The second kappa shape index (κ2) is 7.17. The Morgan fingerprint density at radius 1 is 1.40 bits per heavy atom. The summed E-state index contributed by atoms with van der Waals surface area (Å²) < 4.78 is 17.9. The number of nitrogens with zero attached hydrogens (tertiary/aromatic N) is 1. The zero-order valence-electron chi connectivity index (χ0n) is 10.7. The van der Waals surface area contributed by atoms with Crippen LogP contribution in [0.1, 0.15) is 19.8 Å². The van der Waals surface area contributed by atoms with Crippen LogP contribution >= 0.6 is 0 Å². The number of rotatable bonds is 6. The molecule has 0 saturated heterocycles. The van der Waals surface area contributed by atoms with Crippen LogP contribution in [-0.4, -0.2) is 23.4 Å². The number of anilines is 1. The zero-order valence-corrected chi connectivity index (χ0v) is 10.7. The second-order valence-corrected chi connectivity index (χ2v) is 3.78. The number of carbonyl (C=O) groups excluding carboxylic acids is 2.